The highest BCUT2D eigenvalue weighted by Gasteiger charge is 2.41. The molecule has 2 aliphatic rings. The number of hydrogen-bond acceptors (Lipinski definition) is 6. The van der Waals surface area contributed by atoms with Gasteiger partial charge in [-0.25, -0.2) is 4.98 Å². The molecule has 2 aromatic rings. The van der Waals surface area contributed by atoms with Crippen LogP contribution in [-0.2, 0) is 11.2 Å². The Bertz CT molecular complexity index is 1020. The molecular formula is C24H30F3N5O2. The lowest BCUT2D eigenvalue weighted by molar-refractivity contribution is -0.274. The summed E-state index contributed by atoms with van der Waals surface area (Å²) in [7, 11) is 1.77. The third kappa shape index (κ3) is 5.37. The SMILES string of the molecule is CN1C(=O)C(C)(C)CN(C2CCCC2)c2nc(NCCc3ccc(OC(F)(F)F)cc3)ncc21. The first kappa shape index (κ1) is 24.1. The van der Waals surface area contributed by atoms with E-state index in [4.69, 9.17) is 4.98 Å². The quantitative estimate of drug-likeness (QED) is 0.646. The number of ether oxygens (including phenoxy) is 1. The molecule has 1 saturated carbocycles. The molecule has 1 aromatic carbocycles. The second-order valence-electron chi connectivity index (χ2n) is 9.59. The number of carbonyl (C=O) groups excluding carboxylic acids is 1. The summed E-state index contributed by atoms with van der Waals surface area (Å²) in [6.07, 6.45) is 2.06. The van der Waals surface area contributed by atoms with Crippen molar-refractivity contribution >= 4 is 23.4 Å². The number of alkyl halides is 3. The molecule has 184 valence electrons. The zero-order chi connectivity index (χ0) is 24.5. The number of fused-ring (bicyclic) bond motifs is 1. The van der Waals surface area contributed by atoms with Crippen LogP contribution in [0.4, 0.5) is 30.6 Å². The van der Waals surface area contributed by atoms with E-state index in [-0.39, 0.29) is 11.7 Å². The molecule has 1 aliphatic carbocycles. The highest BCUT2D eigenvalue weighted by atomic mass is 19.4. The number of halogens is 3. The maximum atomic E-state index is 13.1. The second-order valence-corrected chi connectivity index (χ2v) is 9.59. The number of carbonyl (C=O) groups is 1. The largest absolute Gasteiger partial charge is 0.573 e. The maximum absolute atomic E-state index is 13.1. The van der Waals surface area contributed by atoms with Crippen molar-refractivity contribution in [2.45, 2.75) is 58.4 Å². The molecule has 1 amide bonds. The van der Waals surface area contributed by atoms with Crippen molar-refractivity contribution in [2.24, 2.45) is 5.41 Å². The van der Waals surface area contributed by atoms with Crippen molar-refractivity contribution in [2.75, 3.05) is 35.3 Å². The Morgan fingerprint density at radius 2 is 1.85 bits per heavy atom. The van der Waals surface area contributed by atoms with Gasteiger partial charge in [0.2, 0.25) is 11.9 Å². The van der Waals surface area contributed by atoms with Crippen LogP contribution < -0.4 is 19.9 Å². The van der Waals surface area contributed by atoms with Crippen LogP contribution in [-0.4, -0.2) is 48.4 Å². The summed E-state index contributed by atoms with van der Waals surface area (Å²) in [5.74, 6) is 1.02. The molecule has 0 radical (unpaired) electrons. The molecule has 1 aromatic heterocycles. The third-order valence-corrected chi connectivity index (χ3v) is 6.45. The smallest absolute Gasteiger partial charge is 0.406 e. The van der Waals surface area contributed by atoms with Crippen LogP contribution in [0.5, 0.6) is 5.75 Å². The topological polar surface area (TPSA) is 70.6 Å². The van der Waals surface area contributed by atoms with Gasteiger partial charge in [0.25, 0.3) is 0 Å². The second kappa shape index (κ2) is 9.31. The normalized spacial score (nSPS) is 18.6. The molecule has 0 unspecified atom stereocenters. The minimum absolute atomic E-state index is 0.0384. The fraction of sp³-hybridized carbons (Fsp3) is 0.542. The molecule has 1 N–H and O–H groups in total. The van der Waals surface area contributed by atoms with E-state index < -0.39 is 11.8 Å². The van der Waals surface area contributed by atoms with Crippen molar-refractivity contribution in [3.63, 3.8) is 0 Å². The van der Waals surface area contributed by atoms with Crippen LogP contribution >= 0.6 is 0 Å². The molecule has 1 fully saturated rings. The first-order chi connectivity index (χ1) is 16.0. The molecule has 0 atom stereocenters. The number of nitrogens with one attached hydrogen (secondary N) is 1. The Morgan fingerprint density at radius 3 is 2.50 bits per heavy atom. The van der Waals surface area contributed by atoms with Crippen LogP contribution in [0, 0.1) is 5.41 Å². The Labute approximate surface area is 197 Å². The Kier molecular flexibility index (Phi) is 6.60. The fourth-order valence-corrected chi connectivity index (χ4v) is 4.73. The number of aromatic nitrogens is 2. The summed E-state index contributed by atoms with van der Waals surface area (Å²) >= 11 is 0. The third-order valence-electron chi connectivity index (χ3n) is 6.45. The van der Waals surface area contributed by atoms with Gasteiger partial charge in [-0.05, 0) is 50.8 Å². The first-order valence-electron chi connectivity index (χ1n) is 11.5. The predicted octanol–water partition coefficient (Wildman–Crippen LogP) is 4.78. The number of rotatable bonds is 6. The average Bonchev–Trinajstić information content (AvgIpc) is 3.29. The van der Waals surface area contributed by atoms with Crippen molar-refractivity contribution < 1.29 is 22.7 Å². The molecule has 4 rings (SSSR count). The van der Waals surface area contributed by atoms with Gasteiger partial charge >= 0.3 is 6.36 Å². The molecule has 0 saturated heterocycles. The van der Waals surface area contributed by atoms with E-state index >= 15 is 0 Å². The highest BCUT2D eigenvalue weighted by Crippen LogP contribution is 2.40. The number of nitrogens with zero attached hydrogens (tertiary/aromatic N) is 4. The molecule has 34 heavy (non-hydrogen) atoms. The van der Waals surface area contributed by atoms with Crippen LogP contribution in [0.3, 0.4) is 0 Å². The number of anilines is 3. The van der Waals surface area contributed by atoms with Gasteiger partial charge in [0.05, 0.1) is 11.6 Å². The molecule has 0 bridgehead atoms. The lowest BCUT2D eigenvalue weighted by Gasteiger charge is -2.34. The molecular weight excluding hydrogens is 447 g/mol. The van der Waals surface area contributed by atoms with E-state index in [1.54, 1.807) is 30.3 Å². The molecule has 10 heteroatoms. The summed E-state index contributed by atoms with van der Waals surface area (Å²) in [6.45, 7) is 5.03. The standard InChI is InChI=1S/C24H30F3N5O2/c1-23(2)15-32(17-6-4-5-7-17)20-19(31(3)21(23)33)14-29-22(30-20)28-13-12-16-8-10-18(11-9-16)34-24(25,26)27/h8-11,14,17H,4-7,12-13,15H2,1-3H3,(H,28,29,30). The Hall–Kier alpha value is -3.04. The zero-order valence-electron chi connectivity index (χ0n) is 19.7. The van der Waals surface area contributed by atoms with Gasteiger partial charge < -0.3 is 19.9 Å². The van der Waals surface area contributed by atoms with Gasteiger partial charge in [-0.1, -0.05) is 25.0 Å². The van der Waals surface area contributed by atoms with E-state index in [1.807, 2.05) is 13.8 Å². The average molecular weight is 478 g/mol. The molecule has 0 spiro atoms. The van der Waals surface area contributed by atoms with Crippen LogP contribution in [0.1, 0.15) is 45.1 Å². The molecule has 1 aliphatic heterocycles. The summed E-state index contributed by atoms with van der Waals surface area (Å²) in [6, 6.07) is 6.15. The van der Waals surface area contributed by atoms with Gasteiger partial charge in [-0.15, -0.1) is 13.2 Å². The van der Waals surface area contributed by atoms with Gasteiger partial charge in [0, 0.05) is 26.2 Å². The van der Waals surface area contributed by atoms with Crippen LogP contribution in [0.2, 0.25) is 0 Å². The van der Waals surface area contributed by atoms with Crippen molar-refractivity contribution in [1.82, 2.24) is 9.97 Å². The number of benzene rings is 1. The lowest BCUT2D eigenvalue weighted by Crippen LogP contribution is -2.45. The van der Waals surface area contributed by atoms with E-state index in [9.17, 15) is 18.0 Å². The molecule has 2 heterocycles. The zero-order valence-corrected chi connectivity index (χ0v) is 19.7. The fourth-order valence-electron chi connectivity index (χ4n) is 4.73. The summed E-state index contributed by atoms with van der Waals surface area (Å²) in [4.78, 5) is 26.2. The van der Waals surface area contributed by atoms with Gasteiger partial charge in [-0.2, -0.15) is 4.98 Å². The maximum Gasteiger partial charge on any atom is 0.573 e. The lowest BCUT2D eigenvalue weighted by atomic mass is 9.91. The van der Waals surface area contributed by atoms with E-state index in [0.717, 1.165) is 24.2 Å². The molecule has 7 nitrogen and oxygen atoms in total. The minimum Gasteiger partial charge on any atom is -0.406 e. The number of amides is 1. The predicted molar refractivity (Wildman–Crippen MR) is 124 cm³/mol. The Morgan fingerprint density at radius 1 is 1.18 bits per heavy atom. The van der Waals surface area contributed by atoms with Gasteiger partial charge in [0.1, 0.15) is 11.4 Å². The summed E-state index contributed by atoms with van der Waals surface area (Å²) in [5, 5.41) is 3.21. The Balaban J connectivity index is 1.48. The van der Waals surface area contributed by atoms with Crippen LogP contribution in [0.15, 0.2) is 30.5 Å². The van der Waals surface area contributed by atoms with Crippen molar-refractivity contribution in [3.05, 3.63) is 36.0 Å². The van der Waals surface area contributed by atoms with Gasteiger partial charge in [0.15, 0.2) is 5.82 Å². The summed E-state index contributed by atoms with van der Waals surface area (Å²) < 4.78 is 40.9. The minimum atomic E-state index is -4.70. The van der Waals surface area contributed by atoms with Crippen molar-refractivity contribution in [1.29, 1.82) is 0 Å². The summed E-state index contributed by atoms with van der Waals surface area (Å²) in [5.41, 5.74) is 1.01. The van der Waals surface area contributed by atoms with Crippen LogP contribution in [0.25, 0.3) is 0 Å². The van der Waals surface area contributed by atoms with Crippen molar-refractivity contribution in [3.8, 4) is 5.75 Å². The first-order valence-corrected chi connectivity index (χ1v) is 11.5. The monoisotopic (exact) mass is 477 g/mol. The van der Waals surface area contributed by atoms with E-state index in [1.165, 1.54) is 25.0 Å². The number of hydrogen-bond donors (Lipinski definition) is 1. The van der Waals surface area contributed by atoms with E-state index in [0.29, 0.717) is 37.2 Å². The van der Waals surface area contributed by atoms with E-state index in [2.05, 4.69) is 19.9 Å². The van der Waals surface area contributed by atoms with Gasteiger partial charge in [-0.3, -0.25) is 4.79 Å². The highest BCUT2D eigenvalue weighted by molar-refractivity contribution is 6.00.